The number of benzene rings is 1. The molecule has 0 heterocycles. The summed E-state index contributed by atoms with van der Waals surface area (Å²) < 4.78 is 18.3. The number of rotatable bonds is 5. The van der Waals surface area contributed by atoms with Crippen LogP contribution in [-0.2, 0) is 4.74 Å². The Morgan fingerprint density at radius 3 is 2.78 bits per heavy atom. The average Bonchev–Trinajstić information content (AvgIpc) is 2.35. The van der Waals surface area contributed by atoms with Gasteiger partial charge in [-0.2, -0.15) is 0 Å². The molecule has 0 spiro atoms. The van der Waals surface area contributed by atoms with Crippen molar-refractivity contribution < 1.29 is 19.0 Å². The molecule has 0 saturated carbocycles. The van der Waals surface area contributed by atoms with E-state index in [-0.39, 0.29) is 23.5 Å². The summed E-state index contributed by atoms with van der Waals surface area (Å²) >= 11 is 0. The second-order valence-electron chi connectivity index (χ2n) is 3.88. The second-order valence-corrected chi connectivity index (χ2v) is 3.88. The zero-order valence-electron chi connectivity index (χ0n) is 10.4. The number of hydrogen-bond donors (Lipinski definition) is 2. The Labute approximate surface area is 105 Å². The Kier molecular flexibility index (Phi) is 4.91. The van der Waals surface area contributed by atoms with Crippen molar-refractivity contribution in [3.05, 3.63) is 23.5 Å². The second kappa shape index (κ2) is 6.20. The van der Waals surface area contributed by atoms with Crippen LogP contribution in [0.2, 0.25) is 0 Å². The van der Waals surface area contributed by atoms with Crippen molar-refractivity contribution in [2.45, 2.75) is 6.42 Å². The molecule has 3 N–H and O–H groups in total. The predicted molar refractivity (Wildman–Crippen MR) is 67.1 cm³/mol. The smallest absolute Gasteiger partial charge is 0.340 e. The average molecular weight is 256 g/mol. The van der Waals surface area contributed by atoms with Crippen LogP contribution in [0.5, 0.6) is 0 Å². The molecular weight excluding hydrogens is 239 g/mol. The van der Waals surface area contributed by atoms with Gasteiger partial charge in [-0.25, -0.2) is 9.18 Å². The van der Waals surface area contributed by atoms with Crippen LogP contribution in [0.25, 0.3) is 0 Å². The number of esters is 1. The summed E-state index contributed by atoms with van der Waals surface area (Å²) in [5.41, 5.74) is 5.99. The van der Waals surface area contributed by atoms with Crippen molar-refractivity contribution in [2.75, 3.05) is 37.9 Å². The van der Waals surface area contributed by atoms with Crippen molar-refractivity contribution in [1.29, 1.82) is 0 Å². The minimum absolute atomic E-state index is 0.0186. The number of halogens is 1. The summed E-state index contributed by atoms with van der Waals surface area (Å²) in [4.78, 5) is 13.1. The number of carbonyl (C=O) groups excluding carboxylic acids is 1. The minimum atomic E-state index is -0.607. The van der Waals surface area contributed by atoms with Gasteiger partial charge < -0.3 is 20.5 Å². The summed E-state index contributed by atoms with van der Waals surface area (Å²) in [5.74, 6) is -1.12. The predicted octanol–water partition coefficient (Wildman–Crippen LogP) is 1.01. The molecule has 1 aromatic rings. The lowest BCUT2D eigenvalue weighted by Gasteiger charge is -2.20. The van der Waals surface area contributed by atoms with E-state index in [4.69, 9.17) is 10.8 Å². The van der Waals surface area contributed by atoms with Crippen LogP contribution in [0, 0.1) is 5.82 Å². The summed E-state index contributed by atoms with van der Waals surface area (Å²) in [6, 6.07) is 2.45. The number of nitrogens with zero attached hydrogens (tertiary/aromatic N) is 1. The molecule has 0 radical (unpaired) electrons. The summed E-state index contributed by atoms with van der Waals surface area (Å²) in [5, 5.41) is 8.74. The van der Waals surface area contributed by atoms with E-state index in [0.717, 1.165) is 6.07 Å². The lowest BCUT2D eigenvalue weighted by Crippen LogP contribution is -2.21. The maximum Gasteiger partial charge on any atom is 0.340 e. The molecule has 0 bridgehead atoms. The molecule has 0 aliphatic carbocycles. The van der Waals surface area contributed by atoms with Crippen molar-refractivity contribution >= 4 is 17.3 Å². The van der Waals surface area contributed by atoms with Gasteiger partial charge in [0.05, 0.1) is 18.4 Å². The molecule has 0 saturated heterocycles. The van der Waals surface area contributed by atoms with Gasteiger partial charge in [-0.1, -0.05) is 0 Å². The lowest BCUT2D eigenvalue weighted by molar-refractivity contribution is 0.0602. The molecule has 1 rings (SSSR count). The van der Waals surface area contributed by atoms with Crippen LogP contribution in [0.3, 0.4) is 0 Å². The normalized spacial score (nSPS) is 10.2. The van der Waals surface area contributed by atoms with E-state index in [1.54, 1.807) is 11.9 Å². The van der Waals surface area contributed by atoms with Crippen molar-refractivity contribution in [3.8, 4) is 0 Å². The number of nitrogens with two attached hydrogens (primary N) is 1. The molecule has 5 nitrogen and oxygen atoms in total. The minimum Gasteiger partial charge on any atom is -0.465 e. The summed E-state index contributed by atoms with van der Waals surface area (Å²) in [6.07, 6.45) is 0.508. The first-order valence-electron chi connectivity index (χ1n) is 5.50. The molecule has 0 amide bonds. The van der Waals surface area contributed by atoms with Crippen LogP contribution < -0.4 is 10.6 Å². The van der Waals surface area contributed by atoms with E-state index in [2.05, 4.69) is 4.74 Å². The Hall–Kier alpha value is -1.82. The van der Waals surface area contributed by atoms with Gasteiger partial charge in [-0.3, -0.25) is 0 Å². The van der Waals surface area contributed by atoms with E-state index in [9.17, 15) is 9.18 Å². The molecule has 1 aromatic carbocycles. The standard InChI is InChI=1S/C12H17FN2O3/c1-15(4-3-5-16)11-6-8(12(17)18-2)10(14)7-9(11)13/h6-7,16H,3-5,14H2,1-2H3. The summed E-state index contributed by atoms with van der Waals surface area (Å²) in [6.45, 7) is 0.489. The van der Waals surface area contributed by atoms with Gasteiger partial charge in [-0.15, -0.1) is 0 Å². The highest BCUT2D eigenvalue weighted by atomic mass is 19.1. The van der Waals surface area contributed by atoms with E-state index >= 15 is 0 Å². The van der Waals surface area contributed by atoms with Crippen LogP contribution in [0.1, 0.15) is 16.8 Å². The lowest BCUT2D eigenvalue weighted by atomic mass is 10.1. The topological polar surface area (TPSA) is 75.8 Å². The maximum atomic E-state index is 13.7. The van der Waals surface area contributed by atoms with Crippen LogP contribution in [0.15, 0.2) is 12.1 Å². The molecule has 0 unspecified atom stereocenters. The first kappa shape index (κ1) is 14.2. The fourth-order valence-electron chi connectivity index (χ4n) is 1.58. The van der Waals surface area contributed by atoms with Crippen molar-refractivity contribution in [3.63, 3.8) is 0 Å². The molecule has 0 fully saturated rings. The Bertz CT molecular complexity index is 438. The Balaban J connectivity index is 3.08. The third-order valence-electron chi connectivity index (χ3n) is 2.59. The first-order chi connectivity index (χ1) is 8.51. The van der Waals surface area contributed by atoms with Gasteiger partial charge in [0, 0.05) is 25.9 Å². The number of anilines is 2. The number of hydrogen-bond acceptors (Lipinski definition) is 5. The number of ether oxygens (including phenoxy) is 1. The molecule has 6 heteroatoms. The van der Waals surface area contributed by atoms with Crippen LogP contribution in [-0.4, -0.2) is 38.4 Å². The highest BCUT2D eigenvalue weighted by Gasteiger charge is 2.16. The van der Waals surface area contributed by atoms with Gasteiger partial charge >= 0.3 is 5.97 Å². The van der Waals surface area contributed by atoms with Crippen molar-refractivity contribution in [1.82, 2.24) is 0 Å². The molecular formula is C12H17FN2O3. The van der Waals surface area contributed by atoms with Gasteiger partial charge in [0.1, 0.15) is 5.82 Å². The quantitative estimate of drug-likeness (QED) is 0.607. The molecule has 0 atom stereocenters. The maximum absolute atomic E-state index is 13.7. The molecule has 18 heavy (non-hydrogen) atoms. The molecule has 0 aliphatic heterocycles. The van der Waals surface area contributed by atoms with Gasteiger partial charge in [-0.05, 0) is 18.6 Å². The molecule has 0 aliphatic rings. The van der Waals surface area contributed by atoms with Crippen LogP contribution >= 0.6 is 0 Å². The third-order valence-corrected chi connectivity index (χ3v) is 2.59. The third kappa shape index (κ3) is 3.10. The number of aliphatic hydroxyl groups is 1. The first-order valence-corrected chi connectivity index (χ1v) is 5.50. The van der Waals surface area contributed by atoms with Gasteiger partial charge in [0.15, 0.2) is 0 Å². The fourth-order valence-corrected chi connectivity index (χ4v) is 1.58. The van der Waals surface area contributed by atoms with E-state index in [1.807, 2.05) is 0 Å². The fraction of sp³-hybridized carbons (Fsp3) is 0.417. The van der Waals surface area contributed by atoms with E-state index in [0.29, 0.717) is 13.0 Å². The van der Waals surface area contributed by atoms with Crippen LogP contribution in [0.4, 0.5) is 15.8 Å². The SMILES string of the molecule is COC(=O)c1cc(N(C)CCCO)c(F)cc1N. The molecule has 100 valence electrons. The number of nitrogen functional groups attached to an aromatic ring is 1. The van der Waals surface area contributed by atoms with Gasteiger partial charge in [0.25, 0.3) is 0 Å². The van der Waals surface area contributed by atoms with Crippen molar-refractivity contribution in [2.24, 2.45) is 0 Å². The highest BCUT2D eigenvalue weighted by molar-refractivity contribution is 5.96. The summed E-state index contributed by atoms with van der Waals surface area (Å²) in [7, 11) is 2.91. The largest absolute Gasteiger partial charge is 0.465 e. The Morgan fingerprint density at radius 2 is 2.22 bits per heavy atom. The zero-order chi connectivity index (χ0) is 13.7. The molecule has 0 aromatic heterocycles. The van der Waals surface area contributed by atoms with E-state index in [1.165, 1.54) is 13.2 Å². The number of methoxy groups -OCH3 is 1. The number of carbonyl (C=O) groups is 1. The zero-order valence-corrected chi connectivity index (χ0v) is 10.4. The Morgan fingerprint density at radius 1 is 1.56 bits per heavy atom. The monoisotopic (exact) mass is 256 g/mol. The van der Waals surface area contributed by atoms with E-state index < -0.39 is 11.8 Å². The van der Waals surface area contributed by atoms with Gasteiger partial charge in [0.2, 0.25) is 0 Å². The highest BCUT2D eigenvalue weighted by Crippen LogP contribution is 2.25. The number of aliphatic hydroxyl groups excluding tert-OH is 1.